The van der Waals surface area contributed by atoms with Crippen LogP contribution in [0.1, 0.15) is 29.7 Å². The van der Waals surface area contributed by atoms with Crippen LogP contribution in [0.2, 0.25) is 6.82 Å². The number of amides is 1. The Kier molecular flexibility index (Phi) is 12.6. The molecule has 238 valence electrons. The van der Waals surface area contributed by atoms with E-state index in [0.29, 0.717) is 47.3 Å². The predicted octanol–water partition coefficient (Wildman–Crippen LogP) is 2.01. The fourth-order valence-corrected chi connectivity index (χ4v) is 4.20. The Hall–Kier alpha value is -4.79. The van der Waals surface area contributed by atoms with E-state index in [1.54, 1.807) is 61.7 Å². The highest BCUT2D eigenvalue weighted by Crippen LogP contribution is 2.17. The van der Waals surface area contributed by atoms with Crippen LogP contribution in [0, 0.1) is 17.7 Å². The quantitative estimate of drug-likeness (QED) is 0.0565. The highest BCUT2D eigenvalue weighted by atomic mass is 19.4. The number of alkyl halides is 3. The van der Waals surface area contributed by atoms with Gasteiger partial charge in [0.1, 0.15) is 29.4 Å². The number of amidine groups is 2. The lowest BCUT2D eigenvalue weighted by Crippen LogP contribution is -2.36. The third kappa shape index (κ3) is 10.7. The summed E-state index contributed by atoms with van der Waals surface area (Å²) in [6.45, 7) is 4.14. The maximum Gasteiger partial charge on any atom is 0.473 e. The van der Waals surface area contributed by atoms with Crippen LogP contribution in [0.15, 0.2) is 59.7 Å². The molecule has 1 amide bonds. The van der Waals surface area contributed by atoms with Crippen LogP contribution >= 0.6 is 0 Å². The summed E-state index contributed by atoms with van der Waals surface area (Å²) in [5.74, 6) is -0.988. The molecule has 1 heterocycles. The second kappa shape index (κ2) is 16.3. The third-order valence-electron chi connectivity index (χ3n) is 6.32. The van der Waals surface area contributed by atoms with Crippen LogP contribution in [0.4, 0.5) is 13.2 Å². The molecule has 0 fully saturated rings. The normalized spacial score (nSPS) is 11.5. The van der Waals surface area contributed by atoms with Crippen molar-refractivity contribution in [1.29, 1.82) is 10.8 Å². The number of nitrogens with one attached hydrogen (secondary N) is 4. The lowest BCUT2D eigenvalue weighted by molar-refractivity contribution is -0.169. The van der Waals surface area contributed by atoms with Crippen LogP contribution in [0.5, 0.6) is 11.5 Å². The summed E-state index contributed by atoms with van der Waals surface area (Å²) in [5.41, 5.74) is 1.61. The first kappa shape index (κ1) is 34.7. The van der Waals surface area contributed by atoms with Crippen molar-refractivity contribution in [2.24, 2.45) is 4.99 Å². The fourth-order valence-electron chi connectivity index (χ4n) is 4.20. The average molecular weight is 627 g/mol. The second-order valence-electron chi connectivity index (χ2n) is 9.90. The van der Waals surface area contributed by atoms with Crippen molar-refractivity contribution in [3.05, 3.63) is 77.2 Å². The summed E-state index contributed by atoms with van der Waals surface area (Å²) in [6, 6.07) is 13.3. The van der Waals surface area contributed by atoms with Crippen LogP contribution in [-0.4, -0.2) is 71.8 Å². The number of hydrogen-bond donors (Lipinski definition) is 5. The Labute approximate surface area is 258 Å². The van der Waals surface area contributed by atoms with E-state index >= 15 is 0 Å². The van der Waals surface area contributed by atoms with Gasteiger partial charge in [0.2, 0.25) is 5.62 Å². The van der Waals surface area contributed by atoms with Gasteiger partial charge in [0.25, 0.3) is 0 Å². The molecular formula is C28H34B2F3N7O5. The molecule has 0 unspecified atom stereocenters. The van der Waals surface area contributed by atoms with E-state index in [2.05, 4.69) is 15.4 Å². The van der Waals surface area contributed by atoms with Gasteiger partial charge in [0.15, 0.2) is 0 Å². The number of aryl methyl sites for hydroxylation is 2. The zero-order chi connectivity index (χ0) is 33.0. The van der Waals surface area contributed by atoms with E-state index in [4.69, 9.17) is 20.3 Å². The van der Waals surface area contributed by atoms with Gasteiger partial charge in [-0.15, -0.1) is 0 Å². The molecule has 0 bridgehead atoms. The van der Waals surface area contributed by atoms with Gasteiger partial charge in [0, 0.05) is 36.1 Å². The van der Waals surface area contributed by atoms with Crippen LogP contribution in [0.3, 0.4) is 0 Å². The van der Waals surface area contributed by atoms with Gasteiger partial charge in [-0.2, -0.15) is 18.2 Å². The number of carbonyl (C=O) groups excluding carboxylic acids is 2. The molecule has 45 heavy (non-hydrogen) atoms. The molecule has 17 heteroatoms. The van der Waals surface area contributed by atoms with Gasteiger partial charge in [-0.1, -0.05) is 0 Å². The summed E-state index contributed by atoms with van der Waals surface area (Å²) in [7, 11) is -0.842. The van der Waals surface area contributed by atoms with Gasteiger partial charge in [-0.05, 0) is 75.1 Å². The molecule has 5 N–H and O–H groups in total. The number of hydrogen-bond acceptors (Lipinski definition) is 7. The standard InChI is InChI=1S/C28H34B2F3N7O5/c1-19-17-39(13-3-15-44-22-9-5-20(6-10-22)24(34)37-29-18-41)27(36-26(42)28(31,32)33)40(19)14-4-16-45-23-11-7-21(8-12-23)25(35)38-30(2)43/h5-12,17-18,29,43H,3-4,13-16H2,1-2H3,(H2,34,37)(H2,35,38)/b36-27+. The Balaban J connectivity index is 1.61. The minimum atomic E-state index is -5.12. The maximum absolute atomic E-state index is 13.1. The molecule has 2 aromatic carbocycles. The Morgan fingerprint density at radius 3 is 2.04 bits per heavy atom. The first-order chi connectivity index (χ1) is 21.4. The predicted molar refractivity (Wildman–Crippen MR) is 165 cm³/mol. The summed E-state index contributed by atoms with van der Waals surface area (Å²) < 4.78 is 53.8. The smallest absolute Gasteiger partial charge is 0.473 e. The van der Waals surface area contributed by atoms with E-state index < -0.39 is 19.1 Å². The van der Waals surface area contributed by atoms with Crippen molar-refractivity contribution in [2.75, 3.05) is 13.2 Å². The molecule has 0 radical (unpaired) electrons. The molecule has 0 saturated heterocycles. The Morgan fingerprint density at radius 2 is 1.53 bits per heavy atom. The molecule has 0 saturated carbocycles. The monoisotopic (exact) mass is 627 g/mol. The molecule has 0 aliphatic heterocycles. The molecule has 3 rings (SSSR count). The number of halogens is 3. The number of nitrogens with zero attached hydrogens (tertiary/aromatic N) is 3. The van der Waals surface area contributed by atoms with Crippen molar-refractivity contribution in [3.63, 3.8) is 0 Å². The van der Waals surface area contributed by atoms with Crippen molar-refractivity contribution < 1.29 is 37.3 Å². The summed E-state index contributed by atoms with van der Waals surface area (Å²) in [4.78, 5) is 25.7. The average Bonchev–Trinajstić information content (AvgIpc) is 3.29. The Morgan fingerprint density at radius 1 is 1.00 bits per heavy atom. The maximum atomic E-state index is 13.1. The number of aromatic nitrogens is 2. The van der Waals surface area contributed by atoms with Gasteiger partial charge >= 0.3 is 26.5 Å². The number of ether oxygens (including phenoxy) is 2. The minimum Gasteiger partial charge on any atom is -0.494 e. The van der Waals surface area contributed by atoms with Gasteiger partial charge in [-0.3, -0.25) is 15.6 Å². The van der Waals surface area contributed by atoms with E-state index in [-0.39, 0.29) is 51.0 Å². The molecule has 0 aliphatic carbocycles. The van der Waals surface area contributed by atoms with Crippen molar-refractivity contribution in [3.8, 4) is 11.5 Å². The molecule has 0 atom stereocenters. The molecule has 3 aromatic rings. The summed E-state index contributed by atoms with van der Waals surface area (Å²) >= 11 is 0. The van der Waals surface area contributed by atoms with Crippen LogP contribution in [-0.2, 0) is 22.7 Å². The number of carbonyl (C=O) groups is 2. The Bertz CT molecular complexity index is 1540. The molecule has 0 aliphatic rings. The summed E-state index contributed by atoms with van der Waals surface area (Å²) in [5, 5.41) is 30.4. The highest BCUT2D eigenvalue weighted by molar-refractivity contribution is 6.67. The minimum absolute atomic E-state index is 0.0274. The van der Waals surface area contributed by atoms with E-state index in [0.717, 1.165) is 0 Å². The van der Waals surface area contributed by atoms with E-state index in [1.807, 2.05) is 0 Å². The molecule has 12 nitrogen and oxygen atoms in total. The number of benzene rings is 2. The van der Waals surface area contributed by atoms with Gasteiger partial charge in [0.05, 0.1) is 13.2 Å². The first-order valence-corrected chi connectivity index (χ1v) is 14.1. The number of rotatable bonds is 15. The largest absolute Gasteiger partial charge is 0.494 e. The highest BCUT2D eigenvalue weighted by Gasteiger charge is 2.39. The molecular weight excluding hydrogens is 593 g/mol. The number of imidazole rings is 1. The van der Waals surface area contributed by atoms with Gasteiger partial charge in [-0.25, -0.2) is 0 Å². The molecule has 0 spiro atoms. The summed E-state index contributed by atoms with van der Waals surface area (Å²) in [6.07, 6.45) is -2.03. The SMILES string of the molecule is CB(O)NC(=N)c1ccc(OCCCn2c(C)cn(CCCOc3ccc(C(=N)NBC=O)cc3)/c2=N\C(=O)C(F)(F)F)cc1. The third-order valence-corrected chi connectivity index (χ3v) is 6.32. The second-order valence-corrected chi connectivity index (χ2v) is 9.90. The zero-order valence-corrected chi connectivity index (χ0v) is 24.9. The lowest BCUT2D eigenvalue weighted by atomic mass is 9.88. The fraction of sp³-hybridized carbons (Fsp3) is 0.321. The topological polar surface area (TPSA) is 167 Å². The van der Waals surface area contributed by atoms with Crippen LogP contribution < -0.4 is 25.5 Å². The first-order valence-electron chi connectivity index (χ1n) is 14.1. The van der Waals surface area contributed by atoms with E-state index in [1.165, 1.54) is 16.0 Å². The van der Waals surface area contributed by atoms with Crippen molar-refractivity contribution in [1.82, 2.24) is 19.6 Å². The molecule has 1 aromatic heterocycles. The van der Waals surface area contributed by atoms with Gasteiger partial charge < -0.3 is 38.9 Å². The van der Waals surface area contributed by atoms with Crippen LogP contribution in [0.25, 0.3) is 0 Å². The lowest BCUT2D eigenvalue weighted by Gasteiger charge is -2.11. The zero-order valence-electron chi connectivity index (χ0n) is 24.9. The van der Waals surface area contributed by atoms with Crippen molar-refractivity contribution in [2.45, 2.75) is 45.9 Å². The van der Waals surface area contributed by atoms with Crippen molar-refractivity contribution >= 4 is 38.2 Å². The van der Waals surface area contributed by atoms with E-state index in [9.17, 15) is 27.8 Å².